The number of aryl methyl sites for hydroxylation is 1. The summed E-state index contributed by atoms with van der Waals surface area (Å²) in [6, 6.07) is 0.196. The van der Waals surface area contributed by atoms with Crippen LogP contribution in [-0.4, -0.2) is 53.4 Å². The Hall–Kier alpha value is -2.31. The van der Waals surface area contributed by atoms with Crippen molar-refractivity contribution < 1.29 is 19.1 Å². The third kappa shape index (κ3) is 5.14. The van der Waals surface area contributed by atoms with Crippen LogP contribution in [0, 0.1) is 19.8 Å². The largest absolute Gasteiger partial charge is 0.462 e. The maximum atomic E-state index is 12.9. The second-order valence-electron chi connectivity index (χ2n) is 7.66. The van der Waals surface area contributed by atoms with E-state index in [-0.39, 0.29) is 17.9 Å². The number of esters is 1. The van der Waals surface area contributed by atoms with Gasteiger partial charge in [-0.1, -0.05) is 6.92 Å². The van der Waals surface area contributed by atoms with Crippen molar-refractivity contribution in [2.24, 2.45) is 5.92 Å². The van der Waals surface area contributed by atoms with Gasteiger partial charge in [-0.3, -0.25) is 9.59 Å². The number of hydrogen-bond donors (Lipinski definition) is 2. The molecule has 1 aliphatic rings. The zero-order valence-corrected chi connectivity index (χ0v) is 17.7. The van der Waals surface area contributed by atoms with Crippen molar-refractivity contribution in [3.63, 3.8) is 0 Å². The fraction of sp³-hybridized carbons (Fsp3) is 0.667. The van der Waals surface area contributed by atoms with Crippen LogP contribution in [0.25, 0.3) is 0 Å². The van der Waals surface area contributed by atoms with E-state index in [9.17, 15) is 14.4 Å². The van der Waals surface area contributed by atoms with E-state index >= 15 is 0 Å². The Morgan fingerprint density at radius 3 is 2.43 bits per heavy atom. The molecule has 7 nitrogen and oxygen atoms in total. The molecule has 2 amide bonds. The lowest BCUT2D eigenvalue weighted by Crippen LogP contribution is -2.40. The molecular formula is C21H33N3O4. The van der Waals surface area contributed by atoms with Crippen LogP contribution in [0.2, 0.25) is 0 Å². The van der Waals surface area contributed by atoms with Crippen LogP contribution in [0.15, 0.2) is 0 Å². The molecule has 28 heavy (non-hydrogen) atoms. The Morgan fingerprint density at radius 1 is 1.21 bits per heavy atom. The molecule has 2 heterocycles. The lowest BCUT2D eigenvalue weighted by molar-refractivity contribution is -0.122. The Kier molecular flexibility index (Phi) is 7.66. The average molecular weight is 392 g/mol. The SMILES string of the molecule is CCOC(=O)c1c(C)[nH]c(C(=O)N2CCC(CC(=O)N[C@@H](C)CC)CC2)c1C. The fourth-order valence-electron chi connectivity index (χ4n) is 3.67. The van der Waals surface area contributed by atoms with Crippen molar-refractivity contribution in [2.75, 3.05) is 19.7 Å². The van der Waals surface area contributed by atoms with Gasteiger partial charge in [-0.2, -0.15) is 0 Å². The number of nitrogens with zero attached hydrogens (tertiary/aromatic N) is 1. The smallest absolute Gasteiger partial charge is 0.340 e. The molecule has 1 saturated heterocycles. The zero-order chi connectivity index (χ0) is 20.8. The first kappa shape index (κ1) is 22.0. The van der Waals surface area contributed by atoms with Crippen LogP contribution in [-0.2, 0) is 9.53 Å². The van der Waals surface area contributed by atoms with Crippen LogP contribution in [0.5, 0.6) is 0 Å². The molecule has 0 unspecified atom stereocenters. The minimum Gasteiger partial charge on any atom is -0.462 e. The zero-order valence-electron chi connectivity index (χ0n) is 17.7. The topological polar surface area (TPSA) is 91.5 Å². The van der Waals surface area contributed by atoms with Crippen molar-refractivity contribution in [2.45, 2.75) is 66.3 Å². The summed E-state index contributed by atoms with van der Waals surface area (Å²) in [5.41, 5.74) is 2.18. The van der Waals surface area contributed by atoms with Gasteiger partial charge in [-0.25, -0.2) is 4.79 Å². The summed E-state index contributed by atoms with van der Waals surface area (Å²) in [4.78, 5) is 42.0. The first-order valence-electron chi connectivity index (χ1n) is 10.2. The van der Waals surface area contributed by atoms with Crippen LogP contribution in [0.4, 0.5) is 0 Å². The van der Waals surface area contributed by atoms with E-state index in [4.69, 9.17) is 4.74 Å². The highest BCUT2D eigenvalue weighted by molar-refractivity contribution is 6.00. The maximum Gasteiger partial charge on any atom is 0.340 e. The molecule has 1 aliphatic heterocycles. The van der Waals surface area contributed by atoms with E-state index in [1.54, 1.807) is 25.7 Å². The van der Waals surface area contributed by atoms with Gasteiger partial charge >= 0.3 is 5.97 Å². The summed E-state index contributed by atoms with van der Waals surface area (Å²) in [5.74, 6) is -0.110. The monoisotopic (exact) mass is 391 g/mol. The Morgan fingerprint density at radius 2 is 1.86 bits per heavy atom. The minimum atomic E-state index is -0.404. The summed E-state index contributed by atoms with van der Waals surface area (Å²) in [6.45, 7) is 10.9. The van der Waals surface area contributed by atoms with Gasteiger partial charge in [0.1, 0.15) is 5.69 Å². The minimum absolute atomic E-state index is 0.0917. The first-order chi connectivity index (χ1) is 13.3. The van der Waals surface area contributed by atoms with E-state index < -0.39 is 5.97 Å². The van der Waals surface area contributed by atoms with Gasteiger partial charge in [0, 0.05) is 31.2 Å². The number of ether oxygens (including phenoxy) is 1. The van der Waals surface area contributed by atoms with Crippen molar-refractivity contribution in [1.29, 1.82) is 0 Å². The lowest BCUT2D eigenvalue weighted by Gasteiger charge is -2.32. The van der Waals surface area contributed by atoms with E-state index in [0.717, 1.165) is 19.3 Å². The lowest BCUT2D eigenvalue weighted by atomic mass is 9.92. The van der Waals surface area contributed by atoms with Gasteiger partial charge < -0.3 is 19.9 Å². The molecule has 1 aromatic rings. The number of nitrogens with one attached hydrogen (secondary N) is 2. The number of H-pyrrole nitrogens is 1. The van der Waals surface area contributed by atoms with E-state index in [1.165, 1.54) is 0 Å². The van der Waals surface area contributed by atoms with Crippen LogP contribution < -0.4 is 5.32 Å². The van der Waals surface area contributed by atoms with Gasteiger partial charge in [0.25, 0.3) is 5.91 Å². The third-order valence-electron chi connectivity index (χ3n) is 5.53. The Labute approximate surface area is 167 Å². The van der Waals surface area contributed by atoms with Gasteiger partial charge in [0.2, 0.25) is 5.91 Å². The van der Waals surface area contributed by atoms with Crippen molar-refractivity contribution in [1.82, 2.24) is 15.2 Å². The average Bonchev–Trinajstić information content (AvgIpc) is 2.96. The molecule has 2 rings (SSSR count). The summed E-state index contributed by atoms with van der Waals surface area (Å²) in [6.07, 6.45) is 3.05. The third-order valence-corrected chi connectivity index (χ3v) is 5.53. The van der Waals surface area contributed by atoms with Crippen molar-refractivity contribution in [3.05, 3.63) is 22.5 Å². The molecule has 0 aliphatic carbocycles. The molecule has 156 valence electrons. The van der Waals surface area contributed by atoms with E-state index in [0.29, 0.717) is 54.5 Å². The summed E-state index contributed by atoms with van der Waals surface area (Å²) in [7, 11) is 0. The predicted molar refractivity (Wildman–Crippen MR) is 107 cm³/mol. The molecule has 0 radical (unpaired) electrons. The van der Waals surface area contributed by atoms with Gasteiger partial charge in [-0.15, -0.1) is 0 Å². The fourth-order valence-corrected chi connectivity index (χ4v) is 3.67. The molecule has 2 N–H and O–H groups in total. The summed E-state index contributed by atoms with van der Waals surface area (Å²) >= 11 is 0. The Balaban J connectivity index is 1.96. The van der Waals surface area contributed by atoms with Gasteiger partial charge in [0.15, 0.2) is 0 Å². The molecule has 0 saturated carbocycles. The maximum absolute atomic E-state index is 12.9. The predicted octanol–water partition coefficient (Wildman–Crippen LogP) is 2.97. The number of amides is 2. The molecule has 1 atom stereocenters. The molecule has 7 heteroatoms. The number of aromatic nitrogens is 1. The second kappa shape index (κ2) is 9.75. The van der Waals surface area contributed by atoms with Crippen LogP contribution in [0.3, 0.4) is 0 Å². The first-order valence-corrected chi connectivity index (χ1v) is 10.2. The van der Waals surface area contributed by atoms with Crippen LogP contribution in [0.1, 0.15) is 78.6 Å². The molecule has 0 aromatic carbocycles. The van der Waals surface area contributed by atoms with E-state index in [2.05, 4.69) is 10.3 Å². The number of hydrogen-bond acceptors (Lipinski definition) is 4. The highest BCUT2D eigenvalue weighted by Crippen LogP contribution is 2.25. The number of carbonyl (C=O) groups excluding carboxylic acids is 3. The normalized spacial score (nSPS) is 16.0. The molecule has 0 spiro atoms. The number of carbonyl (C=O) groups is 3. The van der Waals surface area contributed by atoms with Gasteiger partial charge in [-0.05, 0) is 58.4 Å². The van der Waals surface area contributed by atoms with Crippen LogP contribution >= 0.6 is 0 Å². The molecular weight excluding hydrogens is 358 g/mol. The van der Waals surface area contributed by atoms with Crippen molar-refractivity contribution >= 4 is 17.8 Å². The summed E-state index contributed by atoms with van der Waals surface area (Å²) in [5, 5.41) is 3.01. The quantitative estimate of drug-likeness (QED) is 0.699. The number of rotatable bonds is 7. The summed E-state index contributed by atoms with van der Waals surface area (Å²) < 4.78 is 5.09. The van der Waals surface area contributed by atoms with E-state index in [1.807, 2.05) is 13.8 Å². The van der Waals surface area contributed by atoms with Crippen molar-refractivity contribution in [3.8, 4) is 0 Å². The molecule has 1 fully saturated rings. The second-order valence-corrected chi connectivity index (χ2v) is 7.66. The number of likely N-dealkylation sites (tertiary alicyclic amines) is 1. The standard InChI is InChI=1S/C21H33N3O4/c1-6-13(3)22-17(25)12-16-8-10-24(11-9-16)20(26)19-14(4)18(15(5)23-19)21(27)28-7-2/h13,16,23H,6-12H2,1-5H3,(H,22,25)/t13-/m0/s1. The highest BCUT2D eigenvalue weighted by Gasteiger charge is 2.29. The number of aromatic amines is 1. The Bertz CT molecular complexity index is 717. The number of piperidine rings is 1. The molecule has 0 bridgehead atoms. The molecule has 1 aromatic heterocycles. The van der Waals surface area contributed by atoms with Gasteiger partial charge in [0.05, 0.1) is 12.2 Å². The highest BCUT2D eigenvalue weighted by atomic mass is 16.5.